The molecule has 1 saturated heterocycles. The highest BCUT2D eigenvalue weighted by Gasteiger charge is 2.30. The molecule has 4 rings (SSSR count). The highest BCUT2D eigenvalue weighted by molar-refractivity contribution is 5.91. The van der Waals surface area contributed by atoms with E-state index in [1.807, 2.05) is 42.5 Å². The van der Waals surface area contributed by atoms with Crippen LogP contribution in [0.25, 0.3) is 0 Å². The highest BCUT2D eigenvalue weighted by atomic mass is 16.5. The van der Waals surface area contributed by atoms with Crippen molar-refractivity contribution < 1.29 is 19.1 Å². The molecule has 35 heavy (non-hydrogen) atoms. The van der Waals surface area contributed by atoms with Crippen LogP contribution >= 0.6 is 0 Å². The lowest BCUT2D eigenvalue weighted by Crippen LogP contribution is -2.41. The normalized spacial score (nSPS) is 17.3. The number of nitrogens with one attached hydrogen (secondary N) is 3. The van der Waals surface area contributed by atoms with Gasteiger partial charge in [0.15, 0.2) is 0 Å². The predicted molar refractivity (Wildman–Crippen MR) is 133 cm³/mol. The zero-order valence-corrected chi connectivity index (χ0v) is 19.4. The number of hydrogen-bond acceptors (Lipinski definition) is 7. The van der Waals surface area contributed by atoms with Gasteiger partial charge in [-0.25, -0.2) is 21.1 Å². The van der Waals surface area contributed by atoms with Gasteiger partial charge in [0, 0.05) is 12.5 Å². The third-order valence-corrected chi connectivity index (χ3v) is 5.72. The standard InChI is InChI=1S/C27H28N4O4/c1-34-27(33)22-9-7-20(8-10-22)18-28-31-26(32)25-17-24(29-30-25)21-11-13-23(14-12-21)35-16-15-19-5-3-2-4-6-19/h2-14,18,24-25,29-30H,15-17H2,1H3,(H,31,32)/b28-18-. The van der Waals surface area contributed by atoms with Crippen molar-refractivity contribution in [3.63, 3.8) is 0 Å². The summed E-state index contributed by atoms with van der Waals surface area (Å²) in [6, 6.07) is 24.5. The maximum atomic E-state index is 12.5. The van der Waals surface area contributed by atoms with Crippen molar-refractivity contribution in [2.24, 2.45) is 5.10 Å². The number of hydrazone groups is 1. The Bertz CT molecular complexity index is 1150. The van der Waals surface area contributed by atoms with Crippen molar-refractivity contribution >= 4 is 18.1 Å². The number of methoxy groups -OCH3 is 1. The van der Waals surface area contributed by atoms with Gasteiger partial charge in [0.05, 0.1) is 25.5 Å². The highest BCUT2D eigenvalue weighted by Crippen LogP contribution is 2.24. The van der Waals surface area contributed by atoms with Crippen LogP contribution in [-0.4, -0.2) is 37.8 Å². The Kier molecular flexibility index (Phi) is 8.21. The molecule has 1 amide bonds. The minimum Gasteiger partial charge on any atom is -0.493 e. The second-order valence-electron chi connectivity index (χ2n) is 8.13. The molecule has 8 heteroatoms. The number of rotatable bonds is 9. The van der Waals surface area contributed by atoms with E-state index in [1.54, 1.807) is 24.3 Å². The first-order valence-electron chi connectivity index (χ1n) is 11.4. The van der Waals surface area contributed by atoms with E-state index in [0.717, 1.165) is 23.3 Å². The SMILES string of the molecule is COC(=O)c1ccc(/C=N\NC(=O)C2CC(c3ccc(OCCc4ccccc4)cc3)NN2)cc1. The molecule has 1 aliphatic rings. The van der Waals surface area contributed by atoms with Crippen LogP contribution in [0.4, 0.5) is 0 Å². The van der Waals surface area contributed by atoms with Crippen LogP contribution in [0, 0.1) is 0 Å². The number of hydrazine groups is 1. The number of hydrogen-bond donors (Lipinski definition) is 3. The fourth-order valence-corrected chi connectivity index (χ4v) is 3.75. The number of carbonyl (C=O) groups is 2. The van der Waals surface area contributed by atoms with Crippen LogP contribution in [0.3, 0.4) is 0 Å². The Morgan fingerprint density at radius 3 is 2.46 bits per heavy atom. The molecule has 180 valence electrons. The van der Waals surface area contributed by atoms with Gasteiger partial charge in [-0.3, -0.25) is 4.79 Å². The summed E-state index contributed by atoms with van der Waals surface area (Å²) in [7, 11) is 1.33. The first kappa shape index (κ1) is 24.1. The van der Waals surface area contributed by atoms with Crippen molar-refractivity contribution in [3.8, 4) is 5.75 Å². The lowest BCUT2D eigenvalue weighted by molar-refractivity contribution is -0.122. The van der Waals surface area contributed by atoms with Crippen molar-refractivity contribution in [1.82, 2.24) is 16.3 Å². The largest absolute Gasteiger partial charge is 0.493 e. The molecule has 2 unspecified atom stereocenters. The monoisotopic (exact) mass is 472 g/mol. The topological polar surface area (TPSA) is 101 Å². The van der Waals surface area contributed by atoms with Gasteiger partial charge in [0.25, 0.3) is 5.91 Å². The molecule has 1 fully saturated rings. The molecular weight excluding hydrogens is 444 g/mol. The zero-order valence-electron chi connectivity index (χ0n) is 19.4. The average Bonchev–Trinajstić information content (AvgIpc) is 3.40. The molecule has 3 aromatic carbocycles. The number of esters is 1. The van der Waals surface area contributed by atoms with Crippen LogP contribution in [0.1, 0.15) is 39.5 Å². The van der Waals surface area contributed by atoms with E-state index in [9.17, 15) is 9.59 Å². The first-order chi connectivity index (χ1) is 17.1. The summed E-state index contributed by atoms with van der Waals surface area (Å²) in [5, 5.41) is 4.02. The Labute approximate surface area is 204 Å². The summed E-state index contributed by atoms with van der Waals surface area (Å²) >= 11 is 0. The van der Waals surface area contributed by atoms with Crippen molar-refractivity contribution in [2.45, 2.75) is 24.9 Å². The van der Waals surface area contributed by atoms with Gasteiger partial charge >= 0.3 is 5.97 Å². The Balaban J connectivity index is 1.22. The molecule has 2 atom stereocenters. The first-order valence-corrected chi connectivity index (χ1v) is 11.4. The fraction of sp³-hybridized carbons (Fsp3) is 0.222. The second-order valence-corrected chi connectivity index (χ2v) is 8.13. The molecule has 0 radical (unpaired) electrons. The average molecular weight is 473 g/mol. The molecule has 0 aliphatic carbocycles. The van der Waals surface area contributed by atoms with E-state index in [2.05, 4.69) is 38.2 Å². The summed E-state index contributed by atoms with van der Waals surface area (Å²) in [6.45, 7) is 0.616. The van der Waals surface area contributed by atoms with Gasteiger partial charge in [-0.1, -0.05) is 54.6 Å². The van der Waals surface area contributed by atoms with Gasteiger partial charge in [0.1, 0.15) is 11.8 Å². The molecule has 0 bridgehead atoms. The quantitative estimate of drug-likeness (QED) is 0.251. The Hall–Kier alpha value is -4.01. The summed E-state index contributed by atoms with van der Waals surface area (Å²) in [4.78, 5) is 24.0. The third-order valence-electron chi connectivity index (χ3n) is 5.72. The minimum absolute atomic E-state index is 0.000959. The van der Waals surface area contributed by atoms with Gasteiger partial charge in [-0.2, -0.15) is 5.10 Å². The van der Waals surface area contributed by atoms with Crippen LogP contribution in [0.15, 0.2) is 84.0 Å². The van der Waals surface area contributed by atoms with Gasteiger partial charge in [-0.15, -0.1) is 0 Å². The molecule has 0 spiro atoms. The number of amides is 1. The van der Waals surface area contributed by atoms with Crippen molar-refractivity contribution in [2.75, 3.05) is 13.7 Å². The summed E-state index contributed by atoms with van der Waals surface area (Å²) in [5.74, 6) is 0.184. The molecule has 0 saturated carbocycles. The van der Waals surface area contributed by atoms with E-state index in [1.165, 1.54) is 18.9 Å². The van der Waals surface area contributed by atoms with Crippen molar-refractivity contribution in [1.29, 1.82) is 0 Å². The van der Waals surface area contributed by atoms with Crippen LogP contribution in [0.2, 0.25) is 0 Å². The second kappa shape index (κ2) is 11.9. The lowest BCUT2D eigenvalue weighted by Gasteiger charge is -2.11. The zero-order chi connectivity index (χ0) is 24.5. The number of ether oxygens (including phenoxy) is 2. The molecule has 1 aliphatic heterocycles. The van der Waals surface area contributed by atoms with E-state index in [-0.39, 0.29) is 11.9 Å². The van der Waals surface area contributed by atoms with Gasteiger partial charge < -0.3 is 9.47 Å². The summed E-state index contributed by atoms with van der Waals surface area (Å²) in [5.41, 5.74) is 12.3. The fourth-order valence-electron chi connectivity index (χ4n) is 3.75. The van der Waals surface area contributed by atoms with Crippen LogP contribution < -0.4 is 21.0 Å². The summed E-state index contributed by atoms with van der Waals surface area (Å²) < 4.78 is 10.5. The number of carbonyl (C=O) groups excluding carboxylic acids is 2. The van der Waals surface area contributed by atoms with Crippen LogP contribution in [-0.2, 0) is 16.0 Å². The van der Waals surface area contributed by atoms with E-state index >= 15 is 0 Å². The molecular formula is C27H28N4O4. The van der Waals surface area contributed by atoms with E-state index in [0.29, 0.717) is 18.6 Å². The van der Waals surface area contributed by atoms with E-state index in [4.69, 9.17) is 4.74 Å². The maximum absolute atomic E-state index is 12.5. The number of benzene rings is 3. The van der Waals surface area contributed by atoms with Gasteiger partial charge in [-0.05, 0) is 47.4 Å². The molecule has 3 aromatic rings. The Morgan fingerprint density at radius 2 is 1.74 bits per heavy atom. The van der Waals surface area contributed by atoms with Gasteiger partial charge in [0.2, 0.25) is 0 Å². The molecule has 3 N–H and O–H groups in total. The minimum atomic E-state index is -0.416. The predicted octanol–water partition coefficient (Wildman–Crippen LogP) is 3.15. The summed E-state index contributed by atoms with van der Waals surface area (Å²) in [6.07, 6.45) is 2.97. The number of nitrogens with zero attached hydrogens (tertiary/aromatic N) is 1. The maximum Gasteiger partial charge on any atom is 0.337 e. The Morgan fingerprint density at radius 1 is 1.00 bits per heavy atom. The van der Waals surface area contributed by atoms with Crippen molar-refractivity contribution in [3.05, 3.63) is 101 Å². The molecule has 0 aromatic heterocycles. The lowest BCUT2D eigenvalue weighted by atomic mass is 10.0. The molecule has 1 heterocycles. The van der Waals surface area contributed by atoms with Crippen LogP contribution in [0.5, 0.6) is 5.75 Å². The van der Waals surface area contributed by atoms with E-state index < -0.39 is 12.0 Å². The smallest absolute Gasteiger partial charge is 0.337 e. The molecule has 8 nitrogen and oxygen atoms in total. The third kappa shape index (κ3) is 6.75.